The van der Waals surface area contributed by atoms with Crippen LogP contribution in [0.1, 0.15) is 21.5 Å². The minimum atomic E-state index is 0.0653. The molecule has 0 radical (unpaired) electrons. The Labute approximate surface area is 124 Å². The van der Waals surface area contributed by atoms with Gasteiger partial charge in [0.15, 0.2) is 0 Å². The number of benzene rings is 2. The van der Waals surface area contributed by atoms with Gasteiger partial charge in [-0.05, 0) is 30.9 Å². The highest BCUT2D eigenvalue weighted by Gasteiger charge is 2.15. The molecule has 0 aliphatic carbocycles. The molecule has 2 nitrogen and oxygen atoms in total. The summed E-state index contributed by atoms with van der Waals surface area (Å²) in [6.07, 6.45) is 1.99. The first-order valence-electron chi connectivity index (χ1n) is 6.56. The zero-order valence-corrected chi connectivity index (χ0v) is 12.9. The molecule has 20 heavy (non-hydrogen) atoms. The maximum Gasteiger partial charge on any atom is 0.255 e. The first kappa shape index (κ1) is 14.7. The van der Waals surface area contributed by atoms with Crippen LogP contribution >= 0.6 is 11.8 Å². The molecule has 0 atom stereocenters. The van der Waals surface area contributed by atoms with Gasteiger partial charge < -0.3 is 4.90 Å². The van der Waals surface area contributed by atoms with Crippen LogP contribution in [0.25, 0.3) is 0 Å². The van der Waals surface area contributed by atoms with Gasteiger partial charge in [0.1, 0.15) is 0 Å². The third kappa shape index (κ3) is 3.42. The molecule has 0 N–H and O–H groups in total. The fourth-order valence-electron chi connectivity index (χ4n) is 2.07. The largest absolute Gasteiger partial charge is 0.337 e. The Morgan fingerprint density at radius 2 is 1.75 bits per heavy atom. The number of hydrogen-bond acceptors (Lipinski definition) is 2. The normalized spacial score (nSPS) is 10.3. The van der Waals surface area contributed by atoms with E-state index in [9.17, 15) is 4.79 Å². The van der Waals surface area contributed by atoms with E-state index < -0.39 is 0 Å². The average molecular weight is 285 g/mol. The van der Waals surface area contributed by atoms with Crippen LogP contribution in [0, 0.1) is 6.92 Å². The monoisotopic (exact) mass is 285 g/mol. The number of rotatable bonds is 4. The first-order valence-corrected chi connectivity index (χ1v) is 7.78. The van der Waals surface area contributed by atoms with Crippen molar-refractivity contribution in [3.63, 3.8) is 0 Å². The van der Waals surface area contributed by atoms with Crippen molar-refractivity contribution in [2.24, 2.45) is 0 Å². The molecule has 0 aromatic heterocycles. The lowest BCUT2D eigenvalue weighted by Gasteiger charge is -2.19. The molecule has 1 amide bonds. The van der Waals surface area contributed by atoms with Gasteiger partial charge in [0.25, 0.3) is 5.91 Å². The zero-order valence-electron chi connectivity index (χ0n) is 12.1. The molecular weight excluding hydrogens is 266 g/mol. The fourth-order valence-corrected chi connectivity index (χ4v) is 2.66. The highest BCUT2D eigenvalue weighted by atomic mass is 32.2. The average Bonchev–Trinajstić information content (AvgIpc) is 2.48. The Hall–Kier alpha value is -1.74. The lowest BCUT2D eigenvalue weighted by Crippen LogP contribution is -2.26. The summed E-state index contributed by atoms with van der Waals surface area (Å²) in [5.74, 6) is 0.0653. The van der Waals surface area contributed by atoms with E-state index in [4.69, 9.17) is 0 Å². The van der Waals surface area contributed by atoms with Crippen LogP contribution in [0.15, 0.2) is 53.4 Å². The highest BCUT2D eigenvalue weighted by molar-refractivity contribution is 7.98. The van der Waals surface area contributed by atoms with E-state index in [2.05, 4.69) is 31.2 Å². The van der Waals surface area contributed by atoms with Crippen molar-refractivity contribution in [2.75, 3.05) is 13.3 Å². The number of aryl methyl sites for hydroxylation is 1. The second kappa shape index (κ2) is 6.62. The van der Waals surface area contributed by atoms with E-state index in [1.54, 1.807) is 16.7 Å². The van der Waals surface area contributed by atoms with Crippen molar-refractivity contribution in [1.29, 1.82) is 0 Å². The van der Waals surface area contributed by atoms with E-state index in [1.807, 2.05) is 37.6 Å². The molecule has 0 heterocycles. The van der Waals surface area contributed by atoms with Gasteiger partial charge in [0.2, 0.25) is 0 Å². The van der Waals surface area contributed by atoms with Crippen LogP contribution in [-0.4, -0.2) is 24.1 Å². The Balaban J connectivity index is 2.14. The van der Waals surface area contributed by atoms with Gasteiger partial charge in [0, 0.05) is 18.5 Å². The van der Waals surface area contributed by atoms with Gasteiger partial charge >= 0.3 is 0 Å². The van der Waals surface area contributed by atoms with Gasteiger partial charge in [0.05, 0.1) is 5.56 Å². The molecule has 104 valence electrons. The Bertz CT molecular complexity index is 592. The molecule has 2 aromatic carbocycles. The van der Waals surface area contributed by atoms with E-state index in [1.165, 1.54) is 5.56 Å². The van der Waals surface area contributed by atoms with Crippen LogP contribution in [0.5, 0.6) is 0 Å². The van der Waals surface area contributed by atoms with Crippen LogP contribution in [0.4, 0.5) is 0 Å². The summed E-state index contributed by atoms with van der Waals surface area (Å²) in [4.78, 5) is 15.3. The van der Waals surface area contributed by atoms with Crippen LogP contribution < -0.4 is 0 Å². The number of carbonyl (C=O) groups is 1. The SMILES string of the molecule is CSc1ccccc1C(=O)N(C)Cc1ccc(C)cc1. The summed E-state index contributed by atoms with van der Waals surface area (Å²) in [7, 11) is 1.85. The van der Waals surface area contributed by atoms with E-state index in [0.29, 0.717) is 6.54 Å². The maximum atomic E-state index is 12.5. The van der Waals surface area contributed by atoms with Crippen molar-refractivity contribution in [1.82, 2.24) is 4.90 Å². The molecule has 2 rings (SSSR count). The first-order chi connectivity index (χ1) is 9.61. The lowest BCUT2D eigenvalue weighted by molar-refractivity contribution is 0.0781. The molecular formula is C17H19NOS. The minimum Gasteiger partial charge on any atom is -0.337 e. The molecule has 0 spiro atoms. The molecule has 0 fully saturated rings. The quantitative estimate of drug-likeness (QED) is 0.792. The van der Waals surface area contributed by atoms with Crippen molar-refractivity contribution in [2.45, 2.75) is 18.4 Å². The van der Waals surface area contributed by atoms with E-state index >= 15 is 0 Å². The Morgan fingerprint density at radius 1 is 1.10 bits per heavy atom. The lowest BCUT2D eigenvalue weighted by atomic mass is 10.1. The van der Waals surface area contributed by atoms with Crippen molar-refractivity contribution < 1.29 is 4.79 Å². The number of amides is 1. The molecule has 0 saturated carbocycles. The topological polar surface area (TPSA) is 20.3 Å². The predicted octanol–water partition coefficient (Wildman–Crippen LogP) is 3.99. The van der Waals surface area contributed by atoms with Crippen molar-refractivity contribution >= 4 is 17.7 Å². The summed E-state index contributed by atoms with van der Waals surface area (Å²) in [6, 6.07) is 16.0. The van der Waals surface area contributed by atoms with Gasteiger partial charge in [-0.2, -0.15) is 0 Å². The van der Waals surface area contributed by atoms with Gasteiger partial charge in [-0.15, -0.1) is 11.8 Å². The molecule has 2 aromatic rings. The second-order valence-corrected chi connectivity index (χ2v) is 5.70. The van der Waals surface area contributed by atoms with Crippen molar-refractivity contribution in [3.8, 4) is 0 Å². The molecule has 0 unspecified atom stereocenters. The zero-order chi connectivity index (χ0) is 14.5. The summed E-state index contributed by atoms with van der Waals surface area (Å²) < 4.78 is 0. The molecule has 0 aliphatic heterocycles. The third-order valence-electron chi connectivity index (χ3n) is 3.22. The summed E-state index contributed by atoms with van der Waals surface area (Å²) in [5.41, 5.74) is 3.15. The predicted molar refractivity (Wildman–Crippen MR) is 85.2 cm³/mol. The van der Waals surface area contributed by atoms with E-state index in [-0.39, 0.29) is 5.91 Å². The minimum absolute atomic E-state index is 0.0653. The number of thioether (sulfide) groups is 1. The number of carbonyl (C=O) groups excluding carboxylic acids is 1. The maximum absolute atomic E-state index is 12.5. The van der Waals surface area contributed by atoms with Crippen molar-refractivity contribution in [3.05, 3.63) is 65.2 Å². The number of nitrogens with zero attached hydrogens (tertiary/aromatic N) is 1. The summed E-state index contributed by atoms with van der Waals surface area (Å²) in [5, 5.41) is 0. The van der Waals surface area contributed by atoms with Gasteiger partial charge in [-0.3, -0.25) is 4.79 Å². The highest BCUT2D eigenvalue weighted by Crippen LogP contribution is 2.21. The number of hydrogen-bond donors (Lipinski definition) is 0. The third-order valence-corrected chi connectivity index (χ3v) is 4.02. The molecule has 3 heteroatoms. The Morgan fingerprint density at radius 3 is 2.40 bits per heavy atom. The molecule has 0 bridgehead atoms. The second-order valence-electron chi connectivity index (χ2n) is 4.85. The standard InChI is InChI=1S/C17H19NOS/c1-13-8-10-14(11-9-13)12-18(2)17(19)15-6-4-5-7-16(15)20-3/h4-11H,12H2,1-3H3. The van der Waals surface area contributed by atoms with Crippen LogP contribution in [0.3, 0.4) is 0 Å². The Kier molecular flexibility index (Phi) is 4.85. The van der Waals surface area contributed by atoms with Gasteiger partial charge in [-0.25, -0.2) is 0 Å². The smallest absolute Gasteiger partial charge is 0.255 e. The molecule has 0 aliphatic rings. The van der Waals surface area contributed by atoms with E-state index in [0.717, 1.165) is 16.0 Å². The van der Waals surface area contributed by atoms with Gasteiger partial charge in [-0.1, -0.05) is 42.0 Å². The molecule has 0 saturated heterocycles. The van der Waals surface area contributed by atoms with Crippen LogP contribution in [-0.2, 0) is 6.54 Å². The van der Waals surface area contributed by atoms with Crippen LogP contribution in [0.2, 0.25) is 0 Å². The summed E-state index contributed by atoms with van der Waals surface area (Å²) >= 11 is 1.60. The fraction of sp³-hybridized carbons (Fsp3) is 0.235. The summed E-state index contributed by atoms with van der Waals surface area (Å²) in [6.45, 7) is 2.69.